The fourth-order valence-corrected chi connectivity index (χ4v) is 10.1. The quantitative estimate of drug-likeness (QED) is 0.195. The molecular weight excluding hydrogens is 707 g/mol. The van der Waals surface area contributed by atoms with Crippen LogP contribution in [0.1, 0.15) is 46.7 Å². The molecule has 1 N–H and O–H groups in total. The van der Waals surface area contributed by atoms with Gasteiger partial charge in [0.05, 0.1) is 33.9 Å². The van der Waals surface area contributed by atoms with E-state index in [9.17, 15) is 0 Å². The van der Waals surface area contributed by atoms with Gasteiger partial charge in [-0.25, -0.2) is 0 Å². The van der Waals surface area contributed by atoms with E-state index in [4.69, 9.17) is 4.74 Å². The first kappa shape index (κ1) is 32.9. The van der Waals surface area contributed by atoms with Gasteiger partial charge in [-0.05, 0) is 95.3 Å². The minimum absolute atomic E-state index is 0.000494. The molecule has 1 unspecified atom stereocenters. The van der Waals surface area contributed by atoms with E-state index in [1.807, 2.05) is 0 Å². The zero-order valence-corrected chi connectivity index (χ0v) is 31.8. The van der Waals surface area contributed by atoms with Crippen molar-refractivity contribution in [2.75, 3.05) is 4.90 Å². The Morgan fingerprint density at radius 3 is 2.02 bits per heavy atom. The molecule has 1 aliphatic carbocycles. The Kier molecular flexibility index (Phi) is 7.30. The summed E-state index contributed by atoms with van der Waals surface area (Å²) in [6.45, 7) is 0. The number of hydrogen-bond acceptors (Lipinski definition) is 3. The van der Waals surface area contributed by atoms with Crippen molar-refractivity contribution in [2.45, 2.75) is 24.3 Å². The lowest BCUT2D eigenvalue weighted by Crippen LogP contribution is -2.39. The Morgan fingerprint density at radius 1 is 0.586 bits per heavy atom. The molecule has 4 nitrogen and oxygen atoms in total. The number of anilines is 3. The van der Waals surface area contributed by atoms with Crippen molar-refractivity contribution in [1.29, 1.82) is 0 Å². The number of allylic oxidation sites excluding steroid dienone is 6. The fraction of sp³-hybridized carbons (Fsp3) is 0.0741. The van der Waals surface area contributed by atoms with Gasteiger partial charge in [-0.2, -0.15) is 0 Å². The van der Waals surface area contributed by atoms with Crippen LogP contribution in [0.25, 0.3) is 27.6 Å². The zero-order valence-electron chi connectivity index (χ0n) is 31.8. The summed E-state index contributed by atoms with van der Waals surface area (Å²) in [6.07, 6.45) is 13.6. The van der Waals surface area contributed by atoms with Crippen LogP contribution < -0.4 is 15.0 Å². The molecule has 58 heavy (non-hydrogen) atoms. The van der Waals surface area contributed by atoms with Crippen LogP contribution >= 0.6 is 0 Å². The van der Waals surface area contributed by atoms with E-state index in [1.165, 1.54) is 33.2 Å². The number of dihydropyridines is 1. The monoisotopic (exact) mass is 745 g/mol. The lowest BCUT2D eigenvalue weighted by molar-refractivity contribution is 0.435. The van der Waals surface area contributed by atoms with Crippen molar-refractivity contribution in [3.63, 3.8) is 0 Å². The largest absolute Gasteiger partial charge is 0.457 e. The number of nitrogens with zero attached hydrogens (tertiary/aromatic N) is 2. The van der Waals surface area contributed by atoms with Crippen molar-refractivity contribution in [3.05, 3.63) is 239 Å². The third-order valence-corrected chi connectivity index (χ3v) is 12.5. The Hall–Kier alpha value is -7.30. The standard InChI is InChI=1S/C54H39N3O/c1-4-18-36(19-5-1)38-32-46(37-20-6-2-7-21-37)55-53(33-38)57-47-28-14-10-24-40(47)41-34-52-45(35-50(41)57)54(44-27-13-17-31-51(44)58-52)42-25-11-15-29-48(42)56(39-22-8-3-9-23-39)49-30-16-12-26-43(49)54/h1-4,6-18,20-35,46,55H,5,19H2. The number of para-hydroxylation sites is 5. The van der Waals surface area contributed by atoms with Gasteiger partial charge in [-0.1, -0.05) is 146 Å². The van der Waals surface area contributed by atoms with E-state index in [0.29, 0.717) is 0 Å². The van der Waals surface area contributed by atoms with E-state index >= 15 is 0 Å². The predicted octanol–water partition coefficient (Wildman–Crippen LogP) is 13.4. The number of aromatic nitrogens is 1. The maximum Gasteiger partial charge on any atom is 0.133 e. The first-order valence-electron chi connectivity index (χ1n) is 20.3. The molecule has 8 aromatic rings. The lowest BCUT2D eigenvalue weighted by Gasteiger charge is -2.48. The summed E-state index contributed by atoms with van der Waals surface area (Å²) in [4.78, 5) is 2.42. The highest BCUT2D eigenvalue weighted by atomic mass is 16.5. The van der Waals surface area contributed by atoms with E-state index in [-0.39, 0.29) is 6.04 Å². The molecule has 4 heteroatoms. The summed E-state index contributed by atoms with van der Waals surface area (Å²) < 4.78 is 9.51. The highest BCUT2D eigenvalue weighted by Gasteiger charge is 2.51. The maximum absolute atomic E-state index is 7.05. The van der Waals surface area contributed by atoms with Crippen LogP contribution in [0.4, 0.5) is 17.1 Å². The summed E-state index contributed by atoms with van der Waals surface area (Å²) in [5, 5.41) is 6.35. The maximum atomic E-state index is 7.05. The molecule has 1 spiro atoms. The molecular formula is C54H39N3O. The third-order valence-electron chi connectivity index (χ3n) is 12.5. The van der Waals surface area contributed by atoms with Gasteiger partial charge in [0.2, 0.25) is 0 Å². The van der Waals surface area contributed by atoms with Crippen molar-refractivity contribution >= 4 is 44.7 Å². The van der Waals surface area contributed by atoms with E-state index in [0.717, 1.165) is 74.8 Å². The van der Waals surface area contributed by atoms with E-state index < -0.39 is 5.41 Å². The molecule has 7 aromatic carbocycles. The molecule has 4 heterocycles. The minimum atomic E-state index is -0.677. The van der Waals surface area contributed by atoms with Crippen LogP contribution in [0, 0.1) is 0 Å². The van der Waals surface area contributed by atoms with Gasteiger partial charge in [0.1, 0.15) is 17.3 Å². The summed E-state index contributed by atoms with van der Waals surface area (Å²) in [6, 6.07) is 61.6. The topological polar surface area (TPSA) is 29.4 Å². The molecule has 0 fully saturated rings. The highest BCUT2D eigenvalue weighted by molar-refractivity contribution is 6.11. The van der Waals surface area contributed by atoms with Crippen LogP contribution in [-0.4, -0.2) is 4.57 Å². The highest BCUT2D eigenvalue weighted by Crippen LogP contribution is 2.63. The molecule has 12 rings (SSSR count). The summed E-state index contributed by atoms with van der Waals surface area (Å²) in [7, 11) is 0. The molecule has 276 valence electrons. The van der Waals surface area contributed by atoms with Crippen molar-refractivity contribution < 1.29 is 4.74 Å². The summed E-state index contributed by atoms with van der Waals surface area (Å²) >= 11 is 0. The Balaban J connectivity index is 1.16. The number of fused-ring (bicyclic) bond motifs is 11. The molecule has 0 amide bonds. The van der Waals surface area contributed by atoms with Gasteiger partial charge in [-0.15, -0.1) is 0 Å². The number of ether oxygens (including phenoxy) is 1. The predicted molar refractivity (Wildman–Crippen MR) is 237 cm³/mol. The van der Waals surface area contributed by atoms with Crippen LogP contribution in [-0.2, 0) is 5.41 Å². The average Bonchev–Trinajstić information content (AvgIpc) is 3.62. The average molecular weight is 746 g/mol. The minimum Gasteiger partial charge on any atom is -0.457 e. The number of hydrogen-bond donors (Lipinski definition) is 1. The molecule has 1 atom stereocenters. The Labute approximate surface area is 338 Å². The number of rotatable bonds is 4. The van der Waals surface area contributed by atoms with Gasteiger partial charge in [-0.3, -0.25) is 4.57 Å². The Morgan fingerprint density at radius 2 is 1.26 bits per heavy atom. The van der Waals surface area contributed by atoms with Gasteiger partial charge >= 0.3 is 0 Å². The molecule has 0 radical (unpaired) electrons. The molecule has 0 saturated heterocycles. The van der Waals surface area contributed by atoms with Crippen LogP contribution in [0.3, 0.4) is 0 Å². The second kappa shape index (κ2) is 12.9. The molecule has 4 aliphatic rings. The van der Waals surface area contributed by atoms with Crippen molar-refractivity contribution in [3.8, 4) is 11.5 Å². The summed E-state index contributed by atoms with van der Waals surface area (Å²) in [5.74, 6) is 2.81. The van der Waals surface area contributed by atoms with Crippen LogP contribution in [0.5, 0.6) is 11.5 Å². The molecule has 0 bridgehead atoms. The first-order chi connectivity index (χ1) is 28.8. The molecule has 0 saturated carbocycles. The zero-order chi connectivity index (χ0) is 38.2. The Bertz CT molecular complexity index is 3030. The smallest absolute Gasteiger partial charge is 0.133 e. The second-order valence-electron chi connectivity index (χ2n) is 15.6. The van der Waals surface area contributed by atoms with Crippen LogP contribution in [0.2, 0.25) is 0 Å². The molecule has 1 aromatic heterocycles. The van der Waals surface area contributed by atoms with Gasteiger partial charge in [0, 0.05) is 27.6 Å². The van der Waals surface area contributed by atoms with Crippen LogP contribution in [0.15, 0.2) is 211 Å². The van der Waals surface area contributed by atoms with Crippen molar-refractivity contribution in [2.24, 2.45) is 0 Å². The van der Waals surface area contributed by atoms with Gasteiger partial charge in [0.15, 0.2) is 0 Å². The SMILES string of the molecule is C1=CCCC(C2=CC(c3ccccc3)NC(n3c4ccccc4c4cc5c(cc43)C3(c4ccccc4O5)c4ccccc4N(c4ccccc4)c4ccccc43)=C2)=C1. The summed E-state index contributed by atoms with van der Waals surface area (Å²) in [5.41, 5.74) is 13.6. The van der Waals surface area contributed by atoms with Crippen molar-refractivity contribution in [1.82, 2.24) is 9.88 Å². The number of nitrogens with one attached hydrogen (secondary N) is 1. The first-order valence-corrected chi connectivity index (χ1v) is 20.3. The fourth-order valence-electron chi connectivity index (χ4n) is 10.1. The third kappa shape index (κ3) is 4.75. The normalized spacial score (nSPS) is 17.3. The van der Waals surface area contributed by atoms with Gasteiger partial charge < -0.3 is 15.0 Å². The van der Waals surface area contributed by atoms with E-state index in [1.54, 1.807) is 0 Å². The second-order valence-corrected chi connectivity index (χ2v) is 15.6. The lowest BCUT2D eigenvalue weighted by atomic mass is 9.61. The molecule has 3 aliphatic heterocycles. The number of benzene rings is 7. The van der Waals surface area contributed by atoms with E-state index in [2.05, 4.69) is 215 Å². The van der Waals surface area contributed by atoms with Gasteiger partial charge in [0.25, 0.3) is 0 Å².